The van der Waals surface area contributed by atoms with Crippen molar-refractivity contribution in [2.75, 3.05) is 7.05 Å². The van der Waals surface area contributed by atoms with Gasteiger partial charge < -0.3 is 10.6 Å². The predicted molar refractivity (Wildman–Crippen MR) is 179 cm³/mol. The van der Waals surface area contributed by atoms with E-state index in [4.69, 9.17) is 0 Å². The molecule has 0 saturated heterocycles. The topological polar surface area (TPSA) is 87.2 Å². The lowest BCUT2D eigenvalue weighted by atomic mass is 10.0. The van der Waals surface area contributed by atoms with Crippen LogP contribution in [0.1, 0.15) is 58.5 Å². The van der Waals surface area contributed by atoms with Crippen LogP contribution in [0, 0.1) is 0 Å². The highest BCUT2D eigenvalue weighted by molar-refractivity contribution is 6.09. The number of carbonyl (C=O) groups is 2. The van der Waals surface area contributed by atoms with E-state index in [0.717, 1.165) is 24.3 Å². The van der Waals surface area contributed by atoms with Gasteiger partial charge in [-0.25, -0.2) is 9.97 Å². The molecule has 0 aliphatic heterocycles. The number of nitrogens with one attached hydrogen (secondary N) is 2. The Morgan fingerprint density at radius 1 is 0.620 bits per heavy atom. The summed E-state index contributed by atoms with van der Waals surface area (Å²) in [4.78, 5) is 38.0. The van der Waals surface area contributed by atoms with Crippen LogP contribution in [0.3, 0.4) is 0 Å². The molecular formula is C37H31F6N5O2. The van der Waals surface area contributed by atoms with Crippen LogP contribution in [0.2, 0.25) is 0 Å². The van der Waals surface area contributed by atoms with Gasteiger partial charge in [0, 0.05) is 21.5 Å². The molecule has 2 heterocycles. The summed E-state index contributed by atoms with van der Waals surface area (Å²) < 4.78 is 80.3. The molecule has 0 aliphatic rings. The summed E-state index contributed by atoms with van der Waals surface area (Å²) in [5.41, 5.74) is -0.655. The summed E-state index contributed by atoms with van der Waals surface area (Å²) in [6, 6.07) is 19.8. The summed E-state index contributed by atoms with van der Waals surface area (Å²) in [6.07, 6.45) is -9.43. The van der Waals surface area contributed by atoms with Crippen molar-refractivity contribution in [1.29, 1.82) is 0 Å². The molecule has 258 valence electrons. The van der Waals surface area contributed by atoms with Gasteiger partial charge in [-0.15, -0.1) is 0 Å². The number of hydrogen-bond acceptors (Lipinski definition) is 5. The van der Waals surface area contributed by atoms with Crippen LogP contribution in [0.4, 0.5) is 26.3 Å². The van der Waals surface area contributed by atoms with E-state index < -0.39 is 47.6 Å². The number of pyridine rings is 2. The third-order valence-electron chi connectivity index (χ3n) is 8.78. The third-order valence-corrected chi connectivity index (χ3v) is 8.78. The molecule has 2 amide bonds. The zero-order chi connectivity index (χ0) is 36.0. The standard InChI is InChI=1S/C37H31F6N5O2/c1-4-30(46-34(49)26-10-6-8-22-16-20-12-14-24(36(38,39)40)18-28(20)44-32(22)26)48(3)31(5-2)47-35(50)27-11-7-9-23-17-21-13-15-25(37(41,42)43)19-29(21)45-33(23)27/h6-19,30-31H,4-5H2,1-3H3,(H,46,49)(H,47,50). The van der Waals surface area contributed by atoms with Crippen LogP contribution in [-0.4, -0.2) is 46.1 Å². The van der Waals surface area contributed by atoms with E-state index in [9.17, 15) is 35.9 Å². The van der Waals surface area contributed by atoms with Gasteiger partial charge in [-0.3, -0.25) is 14.5 Å². The van der Waals surface area contributed by atoms with Gasteiger partial charge in [0.15, 0.2) is 0 Å². The Bertz CT molecular complexity index is 2110. The van der Waals surface area contributed by atoms with E-state index in [1.54, 1.807) is 60.5 Å². The van der Waals surface area contributed by atoms with Crippen molar-refractivity contribution in [3.63, 3.8) is 0 Å². The Kier molecular flexibility index (Phi) is 9.12. The first-order chi connectivity index (χ1) is 23.7. The summed E-state index contributed by atoms with van der Waals surface area (Å²) >= 11 is 0. The zero-order valence-electron chi connectivity index (χ0n) is 27.1. The average Bonchev–Trinajstić information content (AvgIpc) is 3.08. The number of nitrogens with zero attached hydrogens (tertiary/aromatic N) is 3. The van der Waals surface area contributed by atoms with Gasteiger partial charge >= 0.3 is 12.4 Å². The summed E-state index contributed by atoms with van der Waals surface area (Å²) in [6.45, 7) is 3.69. The van der Waals surface area contributed by atoms with Crippen molar-refractivity contribution in [2.45, 2.75) is 51.4 Å². The SMILES string of the molecule is CCC(NC(=O)c1cccc2cc3ccc(C(F)(F)F)cc3nc12)N(C)C(CC)NC(=O)c1cccc2cc3ccc(C(F)(F)F)cc3nc12. The van der Waals surface area contributed by atoms with Crippen molar-refractivity contribution in [3.8, 4) is 0 Å². The maximum atomic E-state index is 13.7. The molecule has 4 aromatic carbocycles. The third kappa shape index (κ3) is 6.77. The van der Waals surface area contributed by atoms with Gasteiger partial charge in [-0.2, -0.15) is 26.3 Å². The first kappa shape index (κ1) is 34.6. The first-order valence-electron chi connectivity index (χ1n) is 15.8. The molecule has 6 rings (SSSR count). The van der Waals surface area contributed by atoms with Crippen molar-refractivity contribution in [1.82, 2.24) is 25.5 Å². The molecule has 0 fully saturated rings. The molecule has 0 aliphatic carbocycles. The number of para-hydroxylation sites is 2. The summed E-state index contributed by atoms with van der Waals surface area (Å²) in [7, 11) is 1.73. The van der Waals surface area contributed by atoms with E-state index in [1.165, 1.54) is 12.1 Å². The Morgan fingerprint density at radius 2 is 1.02 bits per heavy atom. The Hall–Kier alpha value is -5.30. The molecule has 2 atom stereocenters. The van der Waals surface area contributed by atoms with E-state index in [2.05, 4.69) is 20.6 Å². The highest BCUT2D eigenvalue weighted by Crippen LogP contribution is 2.34. The second-order valence-electron chi connectivity index (χ2n) is 12.0. The molecule has 0 bridgehead atoms. The molecular weight excluding hydrogens is 660 g/mol. The lowest BCUT2D eigenvalue weighted by Crippen LogP contribution is -2.55. The molecule has 6 aromatic rings. The zero-order valence-corrected chi connectivity index (χ0v) is 27.1. The van der Waals surface area contributed by atoms with Crippen molar-refractivity contribution in [2.24, 2.45) is 0 Å². The molecule has 0 spiro atoms. The molecule has 50 heavy (non-hydrogen) atoms. The Morgan fingerprint density at radius 3 is 1.38 bits per heavy atom. The van der Waals surface area contributed by atoms with Gasteiger partial charge in [-0.05, 0) is 68.4 Å². The van der Waals surface area contributed by atoms with Gasteiger partial charge in [0.25, 0.3) is 11.8 Å². The van der Waals surface area contributed by atoms with Crippen molar-refractivity contribution >= 4 is 55.4 Å². The predicted octanol–water partition coefficient (Wildman–Crippen LogP) is 8.69. The Balaban J connectivity index is 1.25. The fraction of sp³-hybridized carbons (Fsp3) is 0.243. The monoisotopic (exact) mass is 691 g/mol. The minimum Gasteiger partial charge on any atom is -0.336 e. The van der Waals surface area contributed by atoms with E-state index in [1.807, 2.05) is 13.8 Å². The highest BCUT2D eigenvalue weighted by atomic mass is 19.4. The minimum absolute atomic E-state index is 0.0993. The summed E-state index contributed by atoms with van der Waals surface area (Å²) in [5, 5.41) is 8.08. The maximum absolute atomic E-state index is 13.7. The second-order valence-corrected chi connectivity index (χ2v) is 12.0. The number of fused-ring (bicyclic) bond motifs is 4. The number of benzene rings is 4. The van der Waals surface area contributed by atoms with Crippen molar-refractivity contribution in [3.05, 3.63) is 107 Å². The fourth-order valence-corrected chi connectivity index (χ4v) is 6.08. The van der Waals surface area contributed by atoms with Crippen LogP contribution in [0.5, 0.6) is 0 Å². The molecule has 0 saturated carbocycles. The molecule has 0 radical (unpaired) electrons. The number of aromatic nitrogens is 2. The number of halogens is 6. The maximum Gasteiger partial charge on any atom is 0.416 e. The van der Waals surface area contributed by atoms with Gasteiger partial charge in [0.05, 0.1) is 56.7 Å². The smallest absolute Gasteiger partial charge is 0.336 e. The largest absolute Gasteiger partial charge is 0.416 e. The number of carbonyl (C=O) groups excluding carboxylic acids is 2. The quantitative estimate of drug-likeness (QED) is 0.0948. The van der Waals surface area contributed by atoms with Crippen LogP contribution in [0.15, 0.2) is 84.9 Å². The number of hydrogen-bond donors (Lipinski definition) is 2. The van der Waals surface area contributed by atoms with E-state index in [-0.39, 0.29) is 33.2 Å². The van der Waals surface area contributed by atoms with E-state index in [0.29, 0.717) is 34.4 Å². The normalized spacial score (nSPS) is 13.6. The lowest BCUT2D eigenvalue weighted by Gasteiger charge is -2.35. The number of alkyl halides is 6. The van der Waals surface area contributed by atoms with Crippen LogP contribution >= 0.6 is 0 Å². The number of rotatable bonds is 8. The Labute approximate surface area is 282 Å². The molecule has 2 N–H and O–H groups in total. The molecule has 7 nitrogen and oxygen atoms in total. The van der Waals surface area contributed by atoms with Crippen LogP contribution in [0.25, 0.3) is 43.6 Å². The second kappa shape index (κ2) is 13.2. The van der Waals surface area contributed by atoms with Crippen LogP contribution in [-0.2, 0) is 12.4 Å². The van der Waals surface area contributed by atoms with Crippen molar-refractivity contribution < 1.29 is 35.9 Å². The molecule has 13 heteroatoms. The van der Waals surface area contributed by atoms with Gasteiger partial charge in [0.2, 0.25) is 0 Å². The summed E-state index contributed by atoms with van der Waals surface area (Å²) in [5.74, 6) is -1.00. The van der Waals surface area contributed by atoms with Gasteiger partial charge in [0.1, 0.15) is 0 Å². The minimum atomic E-state index is -4.55. The lowest BCUT2D eigenvalue weighted by molar-refractivity contribution is -0.138. The molecule has 2 unspecified atom stereocenters. The number of amides is 2. The first-order valence-corrected chi connectivity index (χ1v) is 15.8. The van der Waals surface area contributed by atoms with Crippen LogP contribution < -0.4 is 10.6 Å². The highest BCUT2D eigenvalue weighted by Gasteiger charge is 2.32. The molecule has 2 aromatic heterocycles. The average molecular weight is 692 g/mol. The fourth-order valence-electron chi connectivity index (χ4n) is 6.08. The van der Waals surface area contributed by atoms with E-state index >= 15 is 0 Å². The van der Waals surface area contributed by atoms with Gasteiger partial charge in [-0.1, -0.05) is 50.2 Å².